The number of carbonyl (C=O) groups is 1. The standard InChI is InChI=1S/C16H21N3O6/c1-23-13-8-10(9-14(24-2)15(13)25-3)16(20)18-17-11-6-4-5-7-12(11)19(21)22/h8-9,12H,4-7H2,1-3H3,(H,18,20)/b17-11-/t12-/m1/s1. The van der Waals surface area contributed by atoms with Crippen LogP contribution < -0.4 is 19.6 Å². The van der Waals surface area contributed by atoms with E-state index in [1.165, 1.54) is 33.5 Å². The van der Waals surface area contributed by atoms with E-state index in [2.05, 4.69) is 10.5 Å². The van der Waals surface area contributed by atoms with Gasteiger partial charge in [0, 0.05) is 16.9 Å². The lowest BCUT2D eigenvalue weighted by molar-refractivity contribution is -0.504. The van der Waals surface area contributed by atoms with E-state index >= 15 is 0 Å². The van der Waals surface area contributed by atoms with Gasteiger partial charge in [0.05, 0.1) is 21.3 Å². The lowest BCUT2D eigenvalue weighted by atomic mass is 9.94. The summed E-state index contributed by atoms with van der Waals surface area (Å²) >= 11 is 0. The fraction of sp³-hybridized carbons (Fsp3) is 0.500. The van der Waals surface area contributed by atoms with E-state index in [-0.39, 0.29) is 10.5 Å². The summed E-state index contributed by atoms with van der Waals surface area (Å²) < 4.78 is 15.6. The van der Waals surface area contributed by atoms with Gasteiger partial charge in [-0.1, -0.05) is 0 Å². The van der Waals surface area contributed by atoms with Crippen molar-refractivity contribution in [1.29, 1.82) is 0 Å². The van der Waals surface area contributed by atoms with Crippen LogP contribution in [-0.4, -0.2) is 43.9 Å². The minimum Gasteiger partial charge on any atom is -0.493 e. The maximum absolute atomic E-state index is 12.4. The Kier molecular flexibility index (Phi) is 6.15. The average Bonchev–Trinajstić information content (AvgIpc) is 2.64. The molecule has 0 radical (unpaired) electrons. The molecule has 1 atom stereocenters. The molecule has 25 heavy (non-hydrogen) atoms. The summed E-state index contributed by atoms with van der Waals surface area (Å²) in [4.78, 5) is 23.1. The van der Waals surface area contributed by atoms with Crippen molar-refractivity contribution in [2.45, 2.75) is 31.7 Å². The Hall–Kier alpha value is -2.84. The fourth-order valence-corrected chi connectivity index (χ4v) is 2.73. The third kappa shape index (κ3) is 4.17. The van der Waals surface area contributed by atoms with E-state index in [0.29, 0.717) is 35.8 Å². The van der Waals surface area contributed by atoms with Crippen molar-refractivity contribution in [1.82, 2.24) is 5.43 Å². The predicted molar refractivity (Wildman–Crippen MR) is 90.2 cm³/mol. The molecular formula is C16H21N3O6. The highest BCUT2D eigenvalue weighted by molar-refractivity contribution is 5.97. The number of hydrogen-bond donors (Lipinski definition) is 1. The highest BCUT2D eigenvalue weighted by atomic mass is 16.6. The molecule has 0 heterocycles. The molecule has 1 amide bonds. The second-order valence-electron chi connectivity index (χ2n) is 5.51. The Morgan fingerprint density at radius 1 is 1.20 bits per heavy atom. The third-order valence-electron chi connectivity index (χ3n) is 4.03. The molecule has 1 aromatic rings. The molecule has 1 aliphatic carbocycles. The molecule has 0 saturated heterocycles. The Balaban J connectivity index is 2.23. The summed E-state index contributed by atoms with van der Waals surface area (Å²) in [5, 5.41) is 15.1. The van der Waals surface area contributed by atoms with Crippen molar-refractivity contribution in [3.8, 4) is 17.2 Å². The number of nitrogens with one attached hydrogen (secondary N) is 1. The normalized spacial score (nSPS) is 18.5. The van der Waals surface area contributed by atoms with Gasteiger partial charge in [0.15, 0.2) is 11.5 Å². The van der Waals surface area contributed by atoms with Crippen molar-refractivity contribution in [2.24, 2.45) is 5.10 Å². The van der Waals surface area contributed by atoms with Crippen molar-refractivity contribution >= 4 is 11.6 Å². The predicted octanol–water partition coefficient (Wildman–Crippen LogP) is 2.02. The molecule has 1 N–H and O–H groups in total. The van der Waals surface area contributed by atoms with Gasteiger partial charge in [-0.05, 0) is 31.4 Å². The fourth-order valence-electron chi connectivity index (χ4n) is 2.73. The second-order valence-corrected chi connectivity index (χ2v) is 5.51. The summed E-state index contributed by atoms with van der Waals surface area (Å²) in [5.41, 5.74) is 3.02. The first-order chi connectivity index (χ1) is 12.0. The molecular weight excluding hydrogens is 330 g/mol. The maximum Gasteiger partial charge on any atom is 0.271 e. The van der Waals surface area contributed by atoms with Crippen LogP contribution in [0.15, 0.2) is 17.2 Å². The van der Waals surface area contributed by atoms with E-state index in [1.54, 1.807) is 0 Å². The lowest BCUT2D eigenvalue weighted by Crippen LogP contribution is -2.34. The number of amides is 1. The van der Waals surface area contributed by atoms with Crippen molar-refractivity contribution < 1.29 is 23.9 Å². The first kappa shape index (κ1) is 18.5. The van der Waals surface area contributed by atoms with E-state index in [4.69, 9.17) is 14.2 Å². The molecule has 0 aromatic heterocycles. The zero-order chi connectivity index (χ0) is 18.4. The minimum absolute atomic E-state index is 0.243. The zero-order valence-electron chi connectivity index (χ0n) is 14.4. The van der Waals surface area contributed by atoms with Crippen LogP contribution >= 0.6 is 0 Å². The number of nitrogens with zero attached hydrogens (tertiary/aromatic N) is 2. The number of methoxy groups -OCH3 is 3. The highest BCUT2D eigenvalue weighted by Crippen LogP contribution is 2.38. The van der Waals surface area contributed by atoms with Crippen LogP contribution in [0.4, 0.5) is 0 Å². The van der Waals surface area contributed by atoms with Crippen LogP contribution in [0.5, 0.6) is 17.2 Å². The Bertz CT molecular complexity index is 663. The summed E-state index contributed by atoms with van der Waals surface area (Å²) in [6, 6.07) is 2.14. The van der Waals surface area contributed by atoms with E-state index in [1.807, 2.05) is 0 Å². The molecule has 1 fully saturated rings. The molecule has 0 unspecified atom stereocenters. The molecule has 0 bridgehead atoms. The number of nitro groups is 1. The summed E-state index contributed by atoms with van der Waals surface area (Å²) in [6.45, 7) is 0. The minimum atomic E-state index is -0.839. The van der Waals surface area contributed by atoms with Gasteiger partial charge in [0.25, 0.3) is 11.9 Å². The topological polar surface area (TPSA) is 112 Å². The Morgan fingerprint density at radius 3 is 2.36 bits per heavy atom. The van der Waals surface area contributed by atoms with Gasteiger partial charge in [-0.15, -0.1) is 0 Å². The maximum atomic E-state index is 12.4. The second kappa shape index (κ2) is 8.32. The number of rotatable bonds is 6. The van der Waals surface area contributed by atoms with Crippen LogP contribution in [0, 0.1) is 10.1 Å². The first-order valence-electron chi connectivity index (χ1n) is 7.82. The molecule has 9 heteroatoms. The molecule has 1 aliphatic rings. The van der Waals surface area contributed by atoms with E-state index in [9.17, 15) is 14.9 Å². The van der Waals surface area contributed by atoms with Gasteiger partial charge in [-0.25, -0.2) is 5.43 Å². The largest absolute Gasteiger partial charge is 0.493 e. The van der Waals surface area contributed by atoms with E-state index < -0.39 is 11.9 Å². The molecule has 0 spiro atoms. The Labute approximate surface area is 145 Å². The monoisotopic (exact) mass is 351 g/mol. The van der Waals surface area contributed by atoms with Crippen LogP contribution in [-0.2, 0) is 0 Å². The number of ether oxygens (including phenoxy) is 3. The third-order valence-corrected chi connectivity index (χ3v) is 4.03. The highest BCUT2D eigenvalue weighted by Gasteiger charge is 2.30. The van der Waals surface area contributed by atoms with Crippen LogP contribution in [0.2, 0.25) is 0 Å². The van der Waals surface area contributed by atoms with E-state index in [0.717, 1.165) is 12.8 Å². The number of hydrazone groups is 1. The van der Waals surface area contributed by atoms with Crippen molar-refractivity contribution in [3.05, 3.63) is 27.8 Å². The zero-order valence-corrected chi connectivity index (χ0v) is 14.4. The van der Waals surface area contributed by atoms with Gasteiger partial charge in [0.1, 0.15) is 5.71 Å². The van der Waals surface area contributed by atoms with Gasteiger partial charge in [-0.2, -0.15) is 5.10 Å². The van der Waals surface area contributed by atoms with Crippen LogP contribution in [0.25, 0.3) is 0 Å². The SMILES string of the molecule is COc1cc(C(=O)N/N=C2/CCCC[C@H]2[N+](=O)[O-])cc(OC)c1OC. The van der Waals surface area contributed by atoms with Gasteiger partial charge in [-0.3, -0.25) is 14.9 Å². The van der Waals surface area contributed by atoms with Crippen molar-refractivity contribution in [3.63, 3.8) is 0 Å². The number of benzene rings is 1. The van der Waals surface area contributed by atoms with Crippen LogP contribution in [0.3, 0.4) is 0 Å². The molecule has 0 aliphatic heterocycles. The molecule has 1 aromatic carbocycles. The van der Waals surface area contributed by atoms with Gasteiger partial charge in [0.2, 0.25) is 5.75 Å². The first-order valence-corrected chi connectivity index (χ1v) is 7.82. The quantitative estimate of drug-likeness (QED) is 0.620. The molecule has 9 nitrogen and oxygen atoms in total. The van der Waals surface area contributed by atoms with Crippen LogP contribution in [0.1, 0.15) is 36.0 Å². The summed E-state index contributed by atoms with van der Waals surface area (Å²) in [7, 11) is 4.36. The number of carbonyl (C=O) groups excluding carboxylic acids is 1. The molecule has 1 saturated carbocycles. The molecule has 136 valence electrons. The summed E-state index contributed by atoms with van der Waals surface area (Å²) in [5.74, 6) is 0.522. The Morgan fingerprint density at radius 2 is 1.84 bits per heavy atom. The smallest absolute Gasteiger partial charge is 0.271 e. The summed E-state index contributed by atoms with van der Waals surface area (Å²) in [6.07, 6.45) is 2.54. The van der Waals surface area contributed by atoms with Gasteiger partial charge < -0.3 is 14.2 Å². The lowest BCUT2D eigenvalue weighted by Gasteiger charge is -2.17. The average molecular weight is 351 g/mol. The van der Waals surface area contributed by atoms with Gasteiger partial charge >= 0.3 is 0 Å². The van der Waals surface area contributed by atoms with Crippen molar-refractivity contribution in [2.75, 3.05) is 21.3 Å². The molecule has 2 rings (SSSR count). The number of hydrogen-bond acceptors (Lipinski definition) is 7.